The molecule has 0 heterocycles. The van der Waals surface area contributed by atoms with E-state index >= 15 is 0 Å². The third-order valence-corrected chi connectivity index (χ3v) is 1.10. The van der Waals surface area contributed by atoms with Gasteiger partial charge < -0.3 is 10.8 Å². The van der Waals surface area contributed by atoms with Crippen molar-refractivity contribution >= 4 is 12.4 Å². The molecule has 7 heavy (non-hydrogen) atoms. The molecular formula is C4H10ClNO. The summed E-state index contributed by atoms with van der Waals surface area (Å²) in [6.45, 7) is 0. The Labute approximate surface area is 49.1 Å². The van der Waals surface area contributed by atoms with Gasteiger partial charge in [0.05, 0.1) is 0 Å². The lowest BCUT2D eigenvalue weighted by atomic mass is 10.4. The highest BCUT2D eigenvalue weighted by atomic mass is 35.5. The fraction of sp³-hybridized carbons (Fsp3) is 1.00. The van der Waals surface area contributed by atoms with Crippen molar-refractivity contribution in [3.05, 3.63) is 0 Å². The van der Waals surface area contributed by atoms with Crippen LogP contribution in [0.15, 0.2) is 0 Å². The maximum absolute atomic E-state index is 8.47. The standard InChI is InChI=1S/C4H9NO.ClH/c5-4(6)3-1-2-3;/h3-4,6H,1-2,5H2;1H. The Balaban J connectivity index is 0.000000360. The van der Waals surface area contributed by atoms with E-state index in [2.05, 4.69) is 0 Å². The Bertz CT molecular complexity index is 53.7. The molecule has 0 spiro atoms. The maximum atomic E-state index is 8.47. The maximum Gasteiger partial charge on any atom is 0.105 e. The minimum atomic E-state index is -0.537. The average molecular weight is 124 g/mol. The largest absolute Gasteiger partial charge is 0.379 e. The molecule has 0 radical (unpaired) electrons. The van der Waals surface area contributed by atoms with Crippen LogP contribution < -0.4 is 5.73 Å². The van der Waals surface area contributed by atoms with Gasteiger partial charge in [-0.1, -0.05) is 0 Å². The fourth-order valence-electron chi connectivity index (χ4n) is 0.438. The van der Waals surface area contributed by atoms with Crippen LogP contribution in [-0.4, -0.2) is 11.3 Å². The molecule has 3 heteroatoms. The van der Waals surface area contributed by atoms with Gasteiger partial charge in [0.1, 0.15) is 6.23 Å². The van der Waals surface area contributed by atoms with Crippen LogP contribution in [0.5, 0.6) is 0 Å². The van der Waals surface area contributed by atoms with Gasteiger partial charge >= 0.3 is 0 Å². The molecule has 3 N–H and O–H groups in total. The van der Waals surface area contributed by atoms with Crippen LogP contribution in [0.1, 0.15) is 12.8 Å². The number of aliphatic hydroxyl groups is 1. The minimum absolute atomic E-state index is 0. The molecule has 1 aliphatic carbocycles. The van der Waals surface area contributed by atoms with E-state index in [1.807, 2.05) is 0 Å². The Morgan fingerprint density at radius 2 is 2.00 bits per heavy atom. The van der Waals surface area contributed by atoms with Gasteiger partial charge in [0, 0.05) is 0 Å². The third kappa shape index (κ3) is 2.12. The molecule has 1 aliphatic rings. The molecule has 1 unspecified atom stereocenters. The Morgan fingerprint density at radius 1 is 1.57 bits per heavy atom. The van der Waals surface area contributed by atoms with Gasteiger partial charge in [-0.15, -0.1) is 12.4 Å². The molecule has 0 aromatic rings. The number of halogens is 1. The summed E-state index contributed by atoms with van der Waals surface area (Å²) >= 11 is 0. The highest BCUT2D eigenvalue weighted by molar-refractivity contribution is 5.85. The van der Waals surface area contributed by atoms with Gasteiger partial charge in [-0.2, -0.15) is 0 Å². The van der Waals surface area contributed by atoms with E-state index in [0.717, 1.165) is 12.8 Å². The highest BCUT2D eigenvalue weighted by Crippen LogP contribution is 2.29. The fourth-order valence-corrected chi connectivity index (χ4v) is 0.438. The first-order valence-electron chi connectivity index (χ1n) is 2.24. The van der Waals surface area contributed by atoms with Crippen LogP contribution in [0.2, 0.25) is 0 Å². The van der Waals surface area contributed by atoms with Crippen molar-refractivity contribution < 1.29 is 5.11 Å². The van der Waals surface area contributed by atoms with Crippen LogP contribution in [0.25, 0.3) is 0 Å². The molecule has 0 aromatic carbocycles. The van der Waals surface area contributed by atoms with Gasteiger partial charge in [0.15, 0.2) is 0 Å². The van der Waals surface area contributed by atoms with Gasteiger partial charge in [-0.05, 0) is 18.8 Å². The van der Waals surface area contributed by atoms with Gasteiger partial charge in [0.25, 0.3) is 0 Å². The Hall–Kier alpha value is 0.210. The monoisotopic (exact) mass is 123 g/mol. The topological polar surface area (TPSA) is 46.2 Å². The van der Waals surface area contributed by atoms with Crippen molar-refractivity contribution in [3.8, 4) is 0 Å². The van der Waals surface area contributed by atoms with Gasteiger partial charge in [0.2, 0.25) is 0 Å². The molecule has 0 aliphatic heterocycles. The first kappa shape index (κ1) is 7.21. The summed E-state index contributed by atoms with van der Waals surface area (Å²) in [4.78, 5) is 0. The summed E-state index contributed by atoms with van der Waals surface area (Å²) in [7, 11) is 0. The molecule has 1 saturated carbocycles. The first-order chi connectivity index (χ1) is 2.80. The number of rotatable bonds is 1. The molecule has 44 valence electrons. The van der Waals surface area contributed by atoms with Crippen LogP contribution in [0.3, 0.4) is 0 Å². The Kier molecular flexibility index (Phi) is 2.58. The normalized spacial score (nSPS) is 23.1. The third-order valence-electron chi connectivity index (χ3n) is 1.10. The average Bonchev–Trinajstić information content (AvgIpc) is 2.06. The zero-order chi connectivity index (χ0) is 4.57. The quantitative estimate of drug-likeness (QED) is 0.486. The second-order valence-electron chi connectivity index (χ2n) is 1.83. The second-order valence-corrected chi connectivity index (χ2v) is 1.83. The lowest BCUT2D eigenvalue weighted by Crippen LogP contribution is -2.20. The van der Waals surface area contributed by atoms with Crippen molar-refractivity contribution in [2.24, 2.45) is 11.7 Å². The summed E-state index contributed by atoms with van der Waals surface area (Å²) in [5, 5.41) is 8.47. The smallest absolute Gasteiger partial charge is 0.105 e. The molecule has 0 bridgehead atoms. The van der Waals surface area contributed by atoms with Gasteiger partial charge in [-0.25, -0.2) is 0 Å². The molecule has 1 atom stereocenters. The molecule has 0 saturated heterocycles. The summed E-state index contributed by atoms with van der Waals surface area (Å²) in [6, 6.07) is 0. The first-order valence-corrected chi connectivity index (χ1v) is 2.24. The van der Waals surface area contributed by atoms with E-state index in [0.29, 0.717) is 5.92 Å². The molecule has 0 amide bonds. The number of hydrogen-bond donors (Lipinski definition) is 2. The lowest BCUT2D eigenvalue weighted by molar-refractivity contribution is 0.159. The molecule has 1 rings (SSSR count). The van der Waals surface area contributed by atoms with E-state index in [9.17, 15) is 0 Å². The van der Waals surface area contributed by atoms with Gasteiger partial charge in [-0.3, -0.25) is 0 Å². The van der Waals surface area contributed by atoms with Crippen LogP contribution in [0, 0.1) is 5.92 Å². The van der Waals surface area contributed by atoms with Crippen LogP contribution >= 0.6 is 12.4 Å². The van der Waals surface area contributed by atoms with Crippen molar-refractivity contribution in [3.63, 3.8) is 0 Å². The van der Waals surface area contributed by atoms with E-state index in [-0.39, 0.29) is 12.4 Å². The van der Waals surface area contributed by atoms with E-state index in [4.69, 9.17) is 10.8 Å². The summed E-state index contributed by atoms with van der Waals surface area (Å²) in [5.74, 6) is 0.435. The zero-order valence-electron chi connectivity index (χ0n) is 4.00. The predicted molar refractivity (Wildman–Crippen MR) is 30.2 cm³/mol. The van der Waals surface area contributed by atoms with Crippen LogP contribution in [-0.2, 0) is 0 Å². The van der Waals surface area contributed by atoms with E-state index < -0.39 is 6.23 Å². The summed E-state index contributed by atoms with van der Waals surface area (Å²) < 4.78 is 0. The van der Waals surface area contributed by atoms with Crippen molar-refractivity contribution in [1.29, 1.82) is 0 Å². The van der Waals surface area contributed by atoms with Crippen molar-refractivity contribution in [2.75, 3.05) is 0 Å². The molecule has 1 fully saturated rings. The number of aliphatic hydroxyl groups excluding tert-OH is 1. The molecule has 2 nitrogen and oxygen atoms in total. The molecular weight excluding hydrogens is 114 g/mol. The number of nitrogens with two attached hydrogens (primary N) is 1. The summed E-state index contributed by atoms with van der Waals surface area (Å²) in [6.07, 6.45) is 1.71. The summed E-state index contributed by atoms with van der Waals surface area (Å²) in [5.41, 5.74) is 5.05. The zero-order valence-corrected chi connectivity index (χ0v) is 4.82. The molecule has 0 aromatic heterocycles. The van der Waals surface area contributed by atoms with E-state index in [1.165, 1.54) is 0 Å². The van der Waals surface area contributed by atoms with Crippen molar-refractivity contribution in [2.45, 2.75) is 19.1 Å². The van der Waals surface area contributed by atoms with Crippen molar-refractivity contribution in [1.82, 2.24) is 0 Å². The Morgan fingerprint density at radius 3 is 2.00 bits per heavy atom. The highest BCUT2D eigenvalue weighted by Gasteiger charge is 2.26. The lowest BCUT2D eigenvalue weighted by Gasteiger charge is -1.94. The van der Waals surface area contributed by atoms with Crippen LogP contribution in [0.4, 0.5) is 0 Å². The van der Waals surface area contributed by atoms with E-state index in [1.54, 1.807) is 0 Å². The second kappa shape index (κ2) is 2.50. The minimum Gasteiger partial charge on any atom is -0.379 e. The number of hydrogen-bond acceptors (Lipinski definition) is 2. The SMILES string of the molecule is Cl.NC(O)C1CC1. The predicted octanol–water partition coefficient (Wildman–Crippen LogP) is 0.0953.